The summed E-state index contributed by atoms with van der Waals surface area (Å²) in [7, 11) is 0. The lowest BCUT2D eigenvalue weighted by Crippen LogP contribution is -2.54. The van der Waals surface area contributed by atoms with Crippen LogP contribution in [0.1, 0.15) is 22.3 Å². The summed E-state index contributed by atoms with van der Waals surface area (Å²) < 4.78 is 8.90. The van der Waals surface area contributed by atoms with Crippen LogP contribution in [0.5, 0.6) is 5.75 Å². The van der Waals surface area contributed by atoms with Crippen molar-refractivity contribution in [2.24, 2.45) is 0 Å². The molecule has 0 atom stereocenters. The number of amides is 4. The second-order valence-electron chi connectivity index (χ2n) is 8.03. The van der Waals surface area contributed by atoms with Gasteiger partial charge in [-0.15, -0.1) is 0 Å². The maximum atomic E-state index is 13.2. The predicted octanol–water partition coefficient (Wildman–Crippen LogP) is 6.36. The van der Waals surface area contributed by atoms with Gasteiger partial charge in [-0.1, -0.05) is 18.2 Å². The molecule has 0 radical (unpaired) electrons. The molecule has 3 aromatic carbocycles. The van der Waals surface area contributed by atoms with E-state index >= 15 is 0 Å². The van der Waals surface area contributed by atoms with Crippen molar-refractivity contribution >= 4 is 97.4 Å². The minimum absolute atomic E-state index is 0.108. The van der Waals surface area contributed by atoms with Gasteiger partial charge in [0.05, 0.1) is 12.8 Å². The number of aryl methyl sites for hydroxylation is 2. The van der Waals surface area contributed by atoms with Gasteiger partial charge in [-0.25, -0.2) is 9.69 Å². The number of rotatable bonds is 5. The number of carbonyl (C=O) groups is 3. The second-order valence-corrected chi connectivity index (χ2v) is 11.6. The van der Waals surface area contributed by atoms with Crippen molar-refractivity contribution in [3.8, 4) is 5.75 Å². The summed E-state index contributed by atoms with van der Waals surface area (Å²) in [4.78, 5) is 39.3. The summed E-state index contributed by atoms with van der Waals surface area (Å²) in [6, 6.07) is 16.5. The van der Waals surface area contributed by atoms with Gasteiger partial charge in [0.2, 0.25) is 0 Å². The lowest BCUT2D eigenvalue weighted by atomic mass is 10.1. The summed E-state index contributed by atoms with van der Waals surface area (Å²) in [5.41, 5.74) is 3.85. The fourth-order valence-electron chi connectivity index (χ4n) is 3.68. The molecule has 1 saturated heterocycles. The fourth-order valence-corrected chi connectivity index (χ4v) is 6.16. The van der Waals surface area contributed by atoms with Crippen molar-refractivity contribution in [1.29, 1.82) is 0 Å². The van der Waals surface area contributed by atoms with Crippen LogP contribution in [0.2, 0.25) is 0 Å². The molecule has 1 aliphatic rings. The number of hydrogen-bond donors (Lipinski definition) is 1. The van der Waals surface area contributed by atoms with E-state index < -0.39 is 17.8 Å². The molecule has 3 aromatic rings. The summed E-state index contributed by atoms with van der Waals surface area (Å²) in [5.74, 6) is -0.643. The number of hydrogen-bond acceptors (Lipinski definition) is 4. The van der Waals surface area contributed by atoms with E-state index in [0.717, 1.165) is 38.1 Å². The van der Waals surface area contributed by atoms with E-state index in [1.165, 1.54) is 6.08 Å². The number of ether oxygens (including phenoxy) is 1. The van der Waals surface area contributed by atoms with Gasteiger partial charge in [-0.3, -0.25) is 14.9 Å². The number of nitrogens with zero attached hydrogens (tertiary/aromatic N) is 1. The van der Waals surface area contributed by atoms with Crippen LogP contribution in [0.15, 0.2) is 60.2 Å². The van der Waals surface area contributed by atoms with Gasteiger partial charge in [-0.05, 0) is 146 Å². The second kappa shape index (κ2) is 10.9. The van der Waals surface area contributed by atoms with E-state index in [1.54, 1.807) is 12.1 Å². The van der Waals surface area contributed by atoms with Crippen molar-refractivity contribution in [2.75, 3.05) is 4.90 Å². The standard InChI is InChI=1S/C26H19I3N2O4/c1-14-7-15(2)9-19(8-14)31-25(33)20(24(32)30-26(31)34)10-17-11-21(28)23(22(29)12-17)35-13-16-3-5-18(27)6-4-16/h3-12H,13H2,1-2H3,(H,30,32,34)/b20-10+. The van der Waals surface area contributed by atoms with Gasteiger partial charge in [0.25, 0.3) is 11.8 Å². The van der Waals surface area contributed by atoms with E-state index in [1.807, 2.05) is 56.3 Å². The van der Waals surface area contributed by atoms with E-state index in [-0.39, 0.29) is 5.57 Å². The van der Waals surface area contributed by atoms with Crippen molar-refractivity contribution in [1.82, 2.24) is 5.32 Å². The maximum Gasteiger partial charge on any atom is 0.335 e. The number of urea groups is 1. The lowest BCUT2D eigenvalue weighted by molar-refractivity contribution is -0.122. The molecular weight excluding hydrogens is 785 g/mol. The quantitative estimate of drug-likeness (QED) is 0.185. The summed E-state index contributed by atoms with van der Waals surface area (Å²) in [6.45, 7) is 4.20. The van der Waals surface area contributed by atoms with E-state index in [4.69, 9.17) is 4.74 Å². The minimum Gasteiger partial charge on any atom is -0.487 e. The largest absolute Gasteiger partial charge is 0.487 e. The van der Waals surface area contributed by atoms with Gasteiger partial charge in [0, 0.05) is 3.57 Å². The van der Waals surface area contributed by atoms with Crippen molar-refractivity contribution in [3.05, 3.63) is 93.1 Å². The summed E-state index contributed by atoms with van der Waals surface area (Å²) in [5, 5.41) is 2.28. The molecule has 0 aromatic heterocycles. The Balaban J connectivity index is 1.62. The Hall–Kier alpha value is -2.00. The highest BCUT2D eigenvalue weighted by Gasteiger charge is 2.37. The Kier molecular flexibility index (Phi) is 8.16. The molecule has 35 heavy (non-hydrogen) atoms. The first-order valence-electron chi connectivity index (χ1n) is 10.5. The summed E-state index contributed by atoms with van der Waals surface area (Å²) >= 11 is 6.62. The molecule has 0 spiro atoms. The smallest absolute Gasteiger partial charge is 0.335 e. The number of halogens is 3. The number of nitrogens with one attached hydrogen (secondary N) is 1. The SMILES string of the molecule is Cc1cc(C)cc(N2C(=O)NC(=O)/C(=C\c3cc(I)c(OCc4ccc(I)cc4)c(I)c3)C2=O)c1. The highest BCUT2D eigenvalue weighted by atomic mass is 127. The average molecular weight is 804 g/mol. The first-order chi connectivity index (χ1) is 16.6. The average Bonchev–Trinajstić information content (AvgIpc) is 2.76. The third-order valence-electron chi connectivity index (χ3n) is 5.19. The predicted molar refractivity (Wildman–Crippen MR) is 160 cm³/mol. The van der Waals surface area contributed by atoms with Gasteiger partial charge in [0.1, 0.15) is 17.9 Å². The Morgan fingerprint density at radius 1 is 0.886 bits per heavy atom. The third-order valence-corrected chi connectivity index (χ3v) is 7.52. The molecule has 0 aliphatic carbocycles. The molecule has 4 rings (SSSR count). The van der Waals surface area contributed by atoms with Gasteiger partial charge in [0.15, 0.2) is 0 Å². The zero-order valence-electron chi connectivity index (χ0n) is 18.7. The first-order valence-corrected chi connectivity index (χ1v) is 13.7. The van der Waals surface area contributed by atoms with Crippen LogP contribution in [0.4, 0.5) is 10.5 Å². The Bertz CT molecular complexity index is 1340. The van der Waals surface area contributed by atoms with E-state index in [9.17, 15) is 14.4 Å². The van der Waals surface area contributed by atoms with Crippen LogP contribution >= 0.6 is 67.8 Å². The van der Waals surface area contributed by atoms with Crippen LogP contribution in [0.3, 0.4) is 0 Å². The van der Waals surface area contributed by atoms with Crippen LogP contribution in [0.25, 0.3) is 6.08 Å². The molecule has 4 amide bonds. The van der Waals surface area contributed by atoms with Gasteiger partial charge < -0.3 is 4.74 Å². The van der Waals surface area contributed by atoms with Crippen LogP contribution in [-0.4, -0.2) is 17.8 Å². The molecule has 0 unspecified atom stereocenters. The van der Waals surface area contributed by atoms with Crippen LogP contribution < -0.4 is 15.0 Å². The molecule has 1 aliphatic heterocycles. The monoisotopic (exact) mass is 804 g/mol. The lowest BCUT2D eigenvalue weighted by Gasteiger charge is -2.27. The molecule has 9 heteroatoms. The molecular formula is C26H19I3N2O4. The minimum atomic E-state index is -0.759. The zero-order valence-corrected chi connectivity index (χ0v) is 25.2. The van der Waals surface area contributed by atoms with Gasteiger partial charge in [-0.2, -0.15) is 0 Å². The Labute approximate surface area is 243 Å². The van der Waals surface area contributed by atoms with Crippen molar-refractivity contribution < 1.29 is 19.1 Å². The maximum absolute atomic E-state index is 13.2. The number of carbonyl (C=O) groups excluding carboxylic acids is 3. The molecule has 0 saturated carbocycles. The molecule has 1 fully saturated rings. The third kappa shape index (κ3) is 6.05. The van der Waals surface area contributed by atoms with E-state index in [0.29, 0.717) is 17.9 Å². The van der Waals surface area contributed by atoms with Crippen molar-refractivity contribution in [3.63, 3.8) is 0 Å². The van der Waals surface area contributed by atoms with E-state index in [2.05, 4.69) is 73.1 Å². The summed E-state index contributed by atoms with van der Waals surface area (Å²) in [6.07, 6.45) is 1.51. The van der Waals surface area contributed by atoms with Crippen LogP contribution in [0, 0.1) is 24.6 Å². The normalized spacial score (nSPS) is 14.9. The molecule has 178 valence electrons. The number of barbiturate groups is 1. The molecule has 1 heterocycles. The zero-order chi connectivity index (χ0) is 25.3. The molecule has 1 N–H and O–H groups in total. The highest BCUT2D eigenvalue weighted by Crippen LogP contribution is 2.31. The Morgan fingerprint density at radius 3 is 2.09 bits per heavy atom. The highest BCUT2D eigenvalue weighted by molar-refractivity contribution is 14.1. The van der Waals surface area contributed by atoms with Crippen molar-refractivity contribution in [2.45, 2.75) is 20.5 Å². The topological polar surface area (TPSA) is 75.7 Å². The van der Waals surface area contributed by atoms with Gasteiger partial charge >= 0.3 is 6.03 Å². The first kappa shape index (κ1) is 26.1. The van der Waals surface area contributed by atoms with Crippen LogP contribution in [-0.2, 0) is 16.2 Å². The number of imide groups is 2. The fraction of sp³-hybridized carbons (Fsp3) is 0.115. The molecule has 6 nitrogen and oxygen atoms in total. The molecule has 0 bridgehead atoms. The number of anilines is 1. The Morgan fingerprint density at radius 2 is 1.49 bits per heavy atom. The number of benzene rings is 3.